The minimum Gasteiger partial charge on any atom is -0.315 e. The van der Waals surface area contributed by atoms with Gasteiger partial charge < -0.3 is 10.2 Å². The number of hydrogen-bond acceptors (Lipinski definition) is 2. The van der Waals surface area contributed by atoms with Gasteiger partial charge in [-0.05, 0) is 26.4 Å². The van der Waals surface area contributed by atoms with E-state index < -0.39 is 12.6 Å². The van der Waals surface area contributed by atoms with E-state index in [2.05, 4.69) is 19.2 Å². The topological polar surface area (TPSA) is 15.3 Å². The number of rotatable bonds is 9. The van der Waals surface area contributed by atoms with Gasteiger partial charge in [0.05, 0.1) is 6.42 Å². The molecular formula is C12H25F3N2. The van der Waals surface area contributed by atoms with Crippen LogP contribution in [0.5, 0.6) is 0 Å². The van der Waals surface area contributed by atoms with Crippen molar-refractivity contribution in [1.82, 2.24) is 10.2 Å². The summed E-state index contributed by atoms with van der Waals surface area (Å²) in [6.45, 7) is 5.92. The molecule has 0 aromatic rings. The second-order valence-electron chi connectivity index (χ2n) is 4.49. The van der Waals surface area contributed by atoms with E-state index >= 15 is 0 Å². The molecule has 2 nitrogen and oxygen atoms in total. The molecule has 104 valence electrons. The first-order valence-electron chi connectivity index (χ1n) is 6.38. The fourth-order valence-corrected chi connectivity index (χ4v) is 1.74. The van der Waals surface area contributed by atoms with Crippen LogP contribution in [0.3, 0.4) is 0 Å². The maximum absolute atomic E-state index is 12.1. The van der Waals surface area contributed by atoms with Crippen LogP contribution in [0.25, 0.3) is 0 Å². The molecule has 1 atom stereocenters. The molecule has 5 heteroatoms. The normalized spacial score (nSPS) is 14.3. The molecule has 0 aliphatic rings. The molecule has 1 N–H and O–H groups in total. The van der Waals surface area contributed by atoms with Crippen molar-refractivity contribution in [2.75, 3.05) is 26.7 Å². The van der Waals surface area contributed by atoms with Crippen molar-refractivity contribution < 1.29 is 13.2 Å². The number of likely N-dealkylation sites (N-methyl/N-ethyl adjacent to an activating group) is 1. The lowest BCUT2D eigenvalue weighted by atomic mass is 10.1. The summed E-state index contributed by atoms with van der Waals surface area (Å²) in [7, 11) is 1.78. The SMILES string of the molecule is CCCNCC(CCC)N(C)CCC(F)(F)F. The zero-order valence-corrected chi connectivity index (χ0v) is 11.1. The minimum absolute atomic E-state index is 0.0853. The van der Waals surface area contributed by atoms with E-state index in [4.69, 9.17) is 0 Å². The van der Waals surface area contributed by atoms with E-state index in [9.17, 15) is 13.2 Å². The predicted molar refractivity (Wildman–Crippen MR) is 65.2 cm³/mol. The third kappa shape index (κ3) is 9.41. The third-order valence-corrected chi connectivity index (χ3v) is 2.80. The first-order valence-corrected chi connectivity index (χ1v) is 6.38. The number of alkyl halides is 3. The van der Waals surface area contributed by atoms with Gasteiger partial charge in [0.25, 0.3) is 0 Å². The van der Waals surface area contributed by atoms with Gasteiger partial charge in [0.1, 0.15) is 0 Å². The summed E-state index contributed by atoms with van der Waals surface area (Å²) in [5, 5.41) is 3.28. The quantitative estimate of drug-likeness (QED) is 0.636. The Labute approximate surface area is 103 Å². The van der Waals surface area contributed by atoms with E-state index in [-0.39, 0.29) is 12.6 Å². The Hall–Kier alpha value is -0.290. The van der Waals surface area contributed by atoms with Gasteiger partial charge >= 0.3 is 6.18 Å². The van der Waals surface area contributed by atoms with Crippen LogP contribution in [0.4, 0.5) is 13.2 Å². The average molecular weight is 254 g/mol. The first-order chi connectivity index (χ1) is 7.90. The molecule has 0 rings (SSSR count). The second-order valence-corrected chi connectivity index (χ2v) is 4.49. The molecular weight excluding hydrogens is 229 g/mol. The lowest BCUT2D eigenvalue weighted by molar-refractivity contribution is -0.138. The monoisotopic (exact) mass is 254 g/mol. The minimum atomic E-state index is -4.05. The lowest BCUT2D eigenvalue weighted by Crippen LogP contribution is -2.41. The van der Waals surface area contributed by atoms with Crippen LogP contribution < -0.4 is 5.32 Å². The molecule has 0 fully saturated rings. The van der Waals surface area contributed by atoms with Crippen LogP contribution in [0.2, 0.25) is 0 Å². The summed E-state index contributed by atoms with van der Waals surface area (Å²) >= 11 is 0. The van der Waals surface area contributed by atoms with E-state index in [1.54, 1.807) is 7.05 Å². The van der Waals surface area contributed by atoms with Crippen molar-refractivity contribution in [2.45, 2.75) is 51.7 Å². The molecule has 17 heavy (non-hydrogen) atoms. The lowest BCUT2D eigenvalue weighted by Gasteiger charge is -2.28. The molecule has 0 amide bonds. The molecule has 1 unspecified atom stereocenters. The number of nitrogens with zero attached hydrogens (tertiary/aromatic N) is 1. The van der Waals surface area contributed by atoms with E-state index in [1.165, 1.54) is 0 Å². The highest BCUT2D eigenvalue weighted by Crippen LogP contribution is 2.20. The molecule has 0 aromatic carbocycles. The van der Waals surface area contributed by atoms with Crippen molar-refractivity contribution in [2.24, 2.45) is 0 Å². The van der Waals surface area contributed by atoms with Crippen molar-refractivity contribution in [3.05, 3.63) is 0 Å². The highest BCUT2D eigenvalue weighted by Gasteiger charge is 2.28. The summed E-state index contributed by atoms with van der Waals surface area (Å²) in [6, 6.07) is 0.203. The Morgan fingerprint density at radius 3 is 2.29 bits per heavy atom. The molecule has 0 spiro atoms. The average Bonchev–Trinajstić information content (AvgIpc) is 2.24. The smallest absolute Gasteiger partial charge is 0.315 e. The Morgan fingerprint density at radius 2 is 1.82 bits per heavy atom. The van der Waals surface area contributed by atoms with Crippen LogP contribution in [0.15, 0.2) is 0 Å². The van der Waals surface area contributed by atoms with Gasteiger partial charge in [0, 0.05) is 19.1 Å². The Kier molecular flexibility index (Phi) is 8.60. The molecule has 0 radical (unpaired) electrons. The summed E-state index contributed by atoms with van der Waals surface area (Å²) in [4.78, 5) is 1.82. The molecule has 0 heterocycles. The maximum Gasteiger partial charge on any atom is 0.390 e. The highest BCUT2D eigenvalue weighted by atomic mass is 19.4. The predicted octanol–water partition coefficient (Wildman–Crippen LogP) is 3.04. The third-order valence-electron chi connectivity index (χ3n) is 2.80. The van der Waals surface area contributed by atoms with E-state index in [1.807, 2.05) is 4.90 Å². The fourth-order valence-electron chi connectivity index (χ4n) is 1.74. The summed E-state index contributed by atoms with van der Waals surface area (Å²) < 4.78 is 36.4. The Morgan fingerprint density at radius 1 is 1.18 bits per heavy atom. The van der Waals surface area contributed by atoms with Gasteiger partial charge in [-0.15, -0.1) is 0 Å². The van der Waals surface area contributed by atoms with Gasteiger partial charge in [0.15, 0.2) is 0 Å². The largest absolute Gasteiger partial charge is 0.390 e. The number of halogens is 3. The summed E-state index contributed by atoms with van der Waals surface area (Å²) in [6.07, 6.45) is -1.80. The molecule has 0 aliphatic heterocycles. The zero-order chi connectivity index (χ0) is 13.3. The van der Waals surface area contributed by atoms with Crippen molar-refractivity contribution in [3.63, 3.8) is 0 Å². The van der Waals surface area contributed by atoms with Crippen molar-refractivity contribution in [1.29, 1.82) is 0 Å². The second kappa shape index (κ2) is 8.75. The van der Waals surface area contributed by atoms with Gasteiger partial charge in [-0.25, -0.2) is 0 Å². The summed E-state index contributed by atoms with van der Waals surface area (Å²) in [5.41, 5.74) is 0. The Balaban J connectivity index is 4.00. The van der Waals surface area contributed by atoms with Crippen LogP contribution in [-0.4, -0.2) is 43.8 Å². The first kappa shape index (κ1) is 16.7. The van der Waals surface area contributed by atoms with Crippen LogP contribution in [-0.2, 0) is 0 Å². The molecule has 0 saturated heterocycles. The Bertz CT molecular complexity index is 183. The zero-order valence-electron chi connectivity index (χ0n) is 11.1. The van der Waals surface area contributed by atoms with Gasteiger partial charge in [-0.1, -0.05) is 20.3 Å². The van der Waals surface area contributed by atoms with Gasteiger partial charge in [-0.2, -0.15) is 13.2 Å². The molecule has 0 saturated carbocycles. The van der Waals surface area contributed by atoms with E-state index in [0.717, 1.165) is 32.4 Å². The number of nitrogens with one attached hydrogen (secondary N) is 1. The molecule has 0 aliphatic carbocycles. The fraction of sp³-hybridized carbons (Fsp3) is 1.00. The maximum atomic E-state index is 12.1. The van der Waals surface area contributed by atoms with Crippen LogP contribution in [0, 0.1) is 0 Å². The van der Waals surface area contributed by atoms with Crippen molar-refractivity contribution in [3.8, 4) is 0 Å². The standard InChI is InChI=1S/C12H25F3N2/c1-4-6-11(10-16-8-5-2)17(3)9-7-12(13,14)15/h11,16H,4-10H2,1-3H3. The van der Waals surface area contributed by atoms with Crippen LogP contribution in [0.1, 0.15) is 39.5 Å². The molecule has 0 aromatic heterocycles. The van der Waals surface area contributed by atoms with Crippen molar-refractivity contribution >= 4 is 0 Å². The van der Waals surface area contributed by atoms with Crippen LogP contribution >= 0.6 is 0 Å². The summed E-state index contributed by atoms with van der Waals surface area (Å²) in [5.74, 6) is 0. The van der Waals surface area contributed by atoms with E-state index in [0.29, 0.717) is 0 Å². The highest BCUT2D eigenvalue weighted by molar-refractivity contribution is 4.72. The number of hydrogen-bond donors (Lipinski definition) is 1. The molecule has 0 bridgehead atoms. The van der Waals surface area contributed by atoms with Gasteiger partial charge in [-0.3, -0.25) is 0 Å². The van der Waals surface area contributed by atoms with Gasteiger partial charge in [0.2, 0.25) is 0 Å².